The molecule has 1 aliphatic carbocycles. The maximum Gasteiger partial charge on any atom is 0.102 e. The highest BCUT2D eigenvalue weighted by Crippen LogP contribution is 2.18. The van der Waals surface area contributed by atoms with Gasteiger partial charge in [0.15, 0.2) is 0 Å². The fourth-order valence-corrected chi connectivity index (χ4v) is 1.13. The van der Waals surface area contributed by atoms with E-state index in [4.69, 9.17) is 10.5 Å². The van der Waals surface area contributed by atoms with Gasteiger partial charge in [-0.25, -0.2) is 0 Å². The van der Waals surface area contributed by atoms with E-state index in [1.165, 1.54) is 0 Å². The summed E-state index contributed by atoms with van der Waals surface area (Å²) in [4.78, 5) is 0. The number of nitrogens with two attached hydrogens (primary N) is 1. The van der Waals surface area contributed by atoms with Crippen molar-refractivity contribution in [3.63, 3.8) is 0 Å². The predicted molar refractivity (Wildman–Crippen MR) is 46.3 cm³/mol. The maximum atomic E-state index is 5.62. The van der Waals surface area contributed by atoms with Crippen LogP contribution < -0.4 is 5.73 Å². The van der Waals surface area contributed by atoms with Gasteiger partial charge in [0.2, 0.25) is 0 Å². The lowest BCUT2D eigenvalue weighted by Crippen LogP contribution is -2.29. The van der Waals surface area contributed by atoms with Gasteiger partial charge >= 0.3 is 0 Å². The van der Waals surface area contributed by atoms with Gasteiger partial charge in [0.05, 0.1) is 0 Å². The number of rotatable bonds is 2. The van der Waals surface area contributed by atoms with Crippen LogP contribution in [0.25, 0.3) is 0 Å². The molecule has 1 rings (SSSR count). The first-order valence-electron chi connectivity index (χ1n) is 3.94. The van der Waals surface area contributed by atoms with E-state index in [0.29, 0.717) is 0 Å². The molecule has 1 aliphatic rings. The summed E-state index contributed by atoms with van der Waals surface area (Å²) in [6.45, 7) is 4.73. The first-order valence-corrected chi connectivity index (χ1v) is 3.94. The third-order valence-electron chi connectivity index (χ3n) is 1.75. The molecule has 0 aromatic heterocycles. The van der Waals surface area contributed by atoms with Crippen molar-refractivity contribution in [3.8, 4) is 0 Å². The van der Waals surface area contributed by atoms with Crippen LogP contribution in [0.2, 0.25) is 0 Å². The summed E-state index contributed by atoms with van der Waals surface area (Å²) in [5, 5.41) is 0. The minimum Gasteiger partial charge on any atom is -0.367 e. The summed E-state index contributed by atoms with van der Waals surface area (Å²) in [5.41, 5.74) is 5.39. The molecule has 62 valence electrons. The monoisotopic (exact) mass is 153 g/mol. The Morgan fingerprint density at radius 2 is 2.00 bits per heavy atom. The Morgan fingerprint density at radius 1 is 1.45 bits per heavy atom. The van der Waals surface area contributed by atoms with Crippen LogP contribution in [-0.4, -0.2) is 18.2 Å². The number of hydrogen-bond donors (Lipinski definition) is 1. The summed E-state index contributed by atoms with van der Waals surface area (Å²) >= 11 is 0. The molecule has 0 unspecified atom stereocenters. The minimum absolute atomic E-state index is 0.0588. The third-order valence-corrected chi connectivity index (χ3v) is 1.75. The van der Waals surface area contributed by atoms with Crippen molar-refractivity contribution in [2.24, 2.45) is 5.73 Å². The molecule has 0 saturated carbocycles. The molecule has 0 aliphatic heterocycles. The molecule has 0 fully saturated rings. The lowest BCUT2D eigenvalue weighted by Gasteiger charge is -2.25. The van der Waals surface area contributed by atoms with Gasteiger partial charge in [-0.15, -0.1) is 0 Å². The van der Waals surface area contributed by atoms with Crippen molar-refractivity contribution in [2.75, 3.05) is 6.61 Å². The van der Waals surface area contributed by atoms with Crippen LogP contribution in [0, 0.1) is 0 Å². The van der Waals surface area contributed by atoms with E-state index >= 15 is 0 Å². The lowest BCUT2D eigenvalue weighted by molar-refractivity contribution is 0.0495. The van der Waals surface area contributed by atoms with E-state index in [2.05, 4.69) is 0 Å². The molecule has 0 aromatic carbocycles. The molecule has 0 atom stereocenters. The Labute approximate surface area is 67.7 Å². The van der Waals surface area contributed by atoms with Gasteiger partial charge in [0.25, 0.3) is 0 Å². The highest BCUT2D eigenvalue weighted by molar-refractivity contribution is 5.23. The molecular formula is C9H15NO. The molecule has 0 bridgehead atoms. The van der Waals surface area contributed by atoms with E-state index < -0.39 is 0 Å². The second kappa shape index (κ2) is 3.20. The lowest BCUT2D eigenvalue weighted by atomic mass is 9.98. The summed E-state index contributed by atoms with van der Waals surface area (Å²) in [5.74, 6) is 0. The number of hydrogen-bond acceptors (Lipinski definition) is 2. The van der Waals surface area contributed by atoms with Crippen LogP contribution in [0.4, 0.5) is 0 Å². The molecule has 0 amide bonds. The summed E-state index contributed by atoms with van der Waals surface area (Å²) in [6.07, 6.45) is 7.91. The van der Waals surface area contributed by atoms with Crippen molar-refractivity contribution in [3.05, 3.63) is 24.3 Å². The predicted octanol–water partition coefficient (Wildman–Crippen LogP) is 1.23. The molecule has 0 saturated heterocycles. The van der Waals surface area contributed by atoms with E-state index in [-0.39, 0.29) is 11.6 Å². The largest absolute Gasteiger partial charge is 0.367 e. The van der Waals surface area contributed by atoms with Gasteiger partial charge in [0.1, 0.15) is 5.60 Å². The molecule has 2 heteroatoms. The molecule has 2 N–H and O–H groups in total. The second-order valence-electron chi connectivity index (χ2n) is 2.91. The quantitative estimate of drug-likeness (QED) is 0.606. The van der Waals surface area contributed by atoms with Crippen LogP contribution >= 0.6 is 0 Å². The molecule has 2 nitrogen and oxygen atoms in total. The standard InChI is InChI=1S/C9H15NO/c1-3-11-9(2)6-4-8(10)5-7-9/h4-8H,3,10H2,1-2H3. The Hall–Kier alpha value is -0.600. The first-order chi connectivity index (χ1) is 5.16. The normalized spacial score (nSPS) is 36.1. The second-order valence-corrected chi connectivity index (χ2v) is 2.91. The van der Waals surface area contributed by atoms with Gasteiger partial charge in [-0.05, 0) is 13.8 Å². The van der Waals surface area contributed by atoms with E-state index in [0.717, 1.165) is 6.61 Å². The van der Waals surface area contributed by atoms with Crippen LogP contribution in [-0.2, 0) is 4.74 Å². The Kier molecular flexibility index (Phi) is 2.47. The molecule has 11 heavy (non-hydrogen) atoms. The first kappa shape index (κ1) is 8.50. The average molecular weight is 153 g/mol. The average Bonchev–Trinajstić information content (AvgIpc) is 1.97. The van der Waals surface area contributed by atoms with Crippen molar-refractivity contribution in [1.82, 2.24) is 0 Å². The topological polar surface area (TPSA) is 35.2 Å². The van der Waals surface area contributed by atoms with Gasteiger partial charge < -0.3 is 10.5 Å². The zero-order chi connectivity index (χ0) is 8.32. The highest BCUT2D eigenvalue weighted by Gasteiger charge is 2.19. The Balaban J connectivity index is 2.61. The van der Waals surface area contributed by atoms with E-state index in [9.17, 15) is 0 Å². The molecule has 0 radical (unpaired) electrons. The van der Waals surface area contributed by atoms with Crippen molar-refractivity contribution < 1.29 is 4.74 Å². The van der Waals surface area contributed by atoms with E-state index in [1.54, 1.807) is 0 Å². The van der Waals surface area contributed by atoms with Gasteiger partial charge in [-0.2, -0.15) is 0 Å². The molecule has 0 spiro atoms. The smallest absolute Gasteiger partial charge is 0.102 e. The fraction of sp³-hybridized carbons (Fsp3) is 0.556. The van der Waals surface area contributed by atoms with Gasteiger partial charge in [-0.1, -0.05) is 24.3 Å². The molecule has 0 heterocycles. The Morgan fingerprint density at radius 3 is 2.45 bits per heavy atom. The van der Waals surface area contributed by atoms with E-state index in [1.807, 2.05) is 38.2 Å². The van der Waals surface area contributed by atoms with Gasteiger partial charge in [-0.3, -0.25) is 0 Å². The number of ether oxygens (including phenoxy) is 1. The van der Waals surface area contributed by atoms with Gasteiger partial charge in [0, 0.05) is 12.6 Å². The summed E-state index contributed by atoms with van der Waals surface area (Å²) in [7, 11) is 0. The van der Waals surface area contributed by atoms with Crippen LogP contribution in [0.3, 0.4) is 0 Å². The van der Waals surface area contributed by atoms with Crippen molar-refractivity contribution in [2.45, 2.75) is 25.5 Å². The highest BCUT2D eigenvalue weighted by atomic mass is 16.5. The van der Waals surface area contributed by atoms with Crippen LogP contribution in [0.15, 0.2) is 24.3 Å². The summed E-state index contributed by atoms with van der Waals surface area (Å²) in [6, 6.07) is 0.0588. The SMILES string of the molecule is CCOC1(C)C=CC(N)C=C1. The van der Waals surface area contributed by atoms with Crippen LogP contribution in [0.5, 0.6) is 0 Å². The fourth-order valence-electron chi connectivity index (χ4n) is 1.13. The maximum absolute atomic E-state index is 5.62. The van der Waals surface area contributed by atoms with Crippen LogP contribution in [0.1, 0.15) is 13.8 Å². The molecular weight excluding hydrogens is 138 g/mol. The zero-order valence-electron chi connectivity index (χ0n) is 7.08. The van der Waals surface area contributed by atoms with Crippen molar-refractivity contribution >= 4 is 0 Å². The van der Waals surface area contributed by atoms with Crippen molar-refractivity contribution in [1.29, 1.82) is 0 Å². The molecule has 0 aromatic rings. The zero-order valence-corrected chi connectivity index (χ0v) is 7.08. The minimum atomic E-state index is -0.232. The Bertz CT molecular complexity index is 170. The summed E-state index contributed by atoms with van der Waals surface area (Å²) < 4.78 is 5.49. The third kappa shape index (κ3) is 2.17.